The van der Waals surface area contributed by atoms with Crippen molar-refractivity contribution >= 4 is 28.3 Å². The van der Waals surface area contributed by atoms with Crippen LogP contribution in [0, 0.1) is 13.8 Å². The number of carbonyl (C=O) groups excluding carboxylic acids is 1. The Hall–Kier alpha value is -1.19. The molecule has 1 aliphatic heterocycles. The van der Waals surface area contributed by atoms with Gasteiger partial charge in [0.25, 0.3) is 5.91 Å². The van der Waals surface area contributed by atoms with Crippen LogP contribution in [0.3, 0.4) is 0 Å². The summed E-state index contributed by atoms with van der Waals surface area (Å²) in [7, 11) is -3.84. The summed E-state index contributed by atoms with van der Waals surface area (Å²) in [4.78, 5) is 14.5. The third kappa shape index (κ3) is 5.42. The molecule has 4 N–H and O–H groups in total. The SMILES string of the molecule is Cc1cc(C(=O)NCCN2CCNCC2)cc(S(N)(=O)=O)c1C.Cl. The normalized spacial score (nSPS) is 15.6. The highest BCUT2D eigenvalue weighted by Crippen LogP contribution is 2.20. The minimum absolute atomic E-state index is 0. The Kier molecular flexibility index (Phi) is 7.62. The van der Waals surface area contributed by atoms with Crippen molar-refractivity contribution in [1.82, 2.24) is 15.5 Å². The molecule has 0 aliphatic carbocycles. The first-order valence-electron chi connectivity index (χ1n) is 7.64. The molecule has 0 saturated carbocycles. The van der Waals surface area contributed by atoms with Crippen molar-refractivity contribution in [2.75, 3.05) is 39.3 Å². The van der Waals surface area contributed by atoms with E-state index in [-0.39, 0.29) is 23.2 Å². The minimum atomic E-state index is -3.84. The lowest BCUT2D eigenvalue weighted by atomic mass is 10.1. The molecule has 1 heterocycles. The molecule has 9 heteroatoms. The summed E-state index contributed by atoms with van der Waals surface area (Å²) in [5, 5.41) is 11.3. The molecule has 0 bridgehead atoms. The molecule has 7 nitrogen and oxygen atoms in total. The summed E-state index contributed by atoms with van der Waals surface area (Å²) in [6.45, 7) is 8.61. The number of rotatable bonds is 5. The van der Waals surface area contributed by atoms with Gasteiger partial charge in [-0.1, -0.05) is 0 Å². The smallest absolute Gasteiger partial charge is 0.251 e. The number of nitrogens with zero attached hydrogens (tertiary/aromatic N) is 1. The average molecular weight is 377 g/mol. The Morgan fingerprint density at radius 3 is 2.50 bits per heavy atom. The molecule has 1 aliphatic rings. The van der Waals surface area contributed by atoms with Crippen molar-refractivity contribution in [2.24, 2.45) is 5.14 Å². The van der Waals surface area contributed by atoms with Crippen LogP contribution in [0.4, 0.5) is 0 Å². The third-order valence-corrected chi connectivity index (χ3v) is 5.15. The fraction of sp³-hybridized carbons (Fsp3) is 0.533. The summed E-state index contributed by atoms with van der Waals surface area (Å²) >= 11 is 0. The Bertz CT molecular complexity index is 688. The molecule has 24 heavy (non-hydrogen) atoms. The molecule has 0 spiro atoms. The van der Waals surface area contributed by atoms with Gasteiger partial charge in [0.05, 0.1) is 4.90 Å². The predicted molar refractivity (Wildman–Crippen MR) is 96.2 cm³/mol. The quantitative estimate of drug-likeness (QED) is 0.671. The first kappa shape index (κ1) is 20.9. The molecule has 1 aromatic rings. The van der Waals surface area contributed by atoms with Crippen LogP contribution in [-0.4, -0.2) is 58.5 Å². The van der Waals surface area contributed by atoms with Gasteiger partial charge in [-0.2, -0.15) is 0 Å². The van der Waals surface area contributed by atoms with Crippen LogP contribution >= 0.6 is 12.4 Å². The van der Waals surface area contributed by atoms with E-state index < -0.39 is 10.0 Å². The lowest BCUT2D eigenvalue weighted by Gasteiger charge is -2.27. The van der Waals surface area contributed by atoms with E-state index >= 15 is 0 Å². The number of hydrogen-bond donors (Lipinski definition) is 3. The van der Waals surface area contributed by atoms with Crippen molar-refractivity contribution in [3.63, 3.8) is 0 Å². The number of nitrogens with two attached hydrogens (primary N) is 1. The topological polar surface area (TPSA) is 105 Å². The van der Waals surface area contributed by atoms with Crippen LogP contribution in [0.15, 0.2) is 17.0 Å². The fourth-order valence-electron chi connectivity index (χ4n) is 2.62. The molecule has 0 aromatic heterocycles. The zero-order chi connectivity index (χ0) is 17.0. The van der Waals surface area contributed by atoms with E-state index in [2.05, 4.69) is 15.5 Å². The highest BCUT2D eigenvalue weighted by atomic mass is 35.5. The average Bonchev–Trinajstić information content (AvgIpc) is 2.49. The number of piperazine rings is 1. The summed E-state index contributed by atoms with van der Waals surface area (Å²) in [6, 6.07) is 3.03. The van der Waals surface area contributed by atoms with E-state index in [1.54, 1.807) is 19.9 Å². The summed E-state index contributed by atoms with van der Waals surface area (Å²) in [5.41, 5.74) is 1.62. The van der Waals surface area contributed by atoms with Gasteiger partial charge < -0.3 is 10.6 Å². The summed E-state index contributed by atoms with van der Waals surface area (Å²) in [5.74, 6) is -0.284. The van der Waals surface area contributed by atoms with Crippen LogP contribution in [0.5, 0.6) is 0 Å². The molecule has 1 amide bonds. The fourth-order valence-corrected chi connectivity index (χ4v) is 3.50. The third-order valence-electron chi connectivity index (χ3n) is 4.11. The molecule has 0 unspecified atom stereocenters. The number of primary sulfonamides is 1. The van der Waals surface area contributed by atoms with Crippen molar-refractivity contribution in [2.45, 2.75) is 18.7 Å². The molecule has 2 rings (SSSR count). The Morgan fingerprint density at radius 2 is 1.92 bits per heavy atom. The molecule has 1 fully saturated rings. The van der Waals surface area contributed by atoms with Gasteiger partial charge in [0, 0.05) is 44.8 Å². The number of nitrogens with one attached hydrogen (secondary N) is 2. The predicted octanol–water partition coefficient (Wildman–Crippen LogP) is 0.00764. The number of halogens is 1. The number of amides is 1. The molecule has 1 saturated heterocycles. The number of benzene rings is 1. The van der Waals surface area contributed by atoms with Gasteiger partial charge in [-0.05, 0) is 37.1 Å². The van der Waals surface area contributed by atoms with Gasteiger partial charge in [-0.25, -0.2) is 13.6 Å². The lowest BCUT2D eigenvalue weighted by Crippen LogP contribution is -2.46. The van der Waals surface area contributed by atoms with E-state index in [0.717, 1.165) is 38.3 Å². The Balaban J connectivity index is 0.00000288. The maximum Gasteiger partial charge on any atom is 0.251 e. The van der Waals surface area contributed by atoms with Crippen LogP contribution in [0.25, 0.3) is 0 Å². The monoisotopic (exact) mass is 376 g/mol. The second-order valence-electron chi connectivity index (χ2n) is 5.81. The molecule has 0 radical (unpaired) electrons. The number of carbonyl (C=O) groups is 1. The van der Waals surface area contributed by atoms with E-state index in [0.29, 0.717) is 17.7 Å². The summed E-state index contributed by atoms with van der Waals surface area (Å²) < 4.78 is 23.3. The van der Waals surface area contributed by atoms with Gasteiger partial charge in [0.1, 0.15) is 0 Å². The van der Waals surface area contributed by atoms with E-state index in [1.165, 1.54) is 6.07 Å². The number of hydrogen-bond acceptors (Lipinski definition) is 5. The number of aryl methyl sites for hydroxylation is 1. The van der Waals surface area contributed by atoms with Gasteiger partial charge in [-0.15, -0.1) is 12.4 Å². The van der Waals surface area contributed by atoms with Crippen molar-refractivity contribution in [3.8, 4) is 0 Å². The first-order chi connectivity index (χ1) is 10.8. The van der Waals surface area contributed by atoms with E-state index in [1.807, 2.05) is 0 Å². The molecular weight excluding hydrogens is 352 g/mol. The Morgan fingerprint density at radius 1 is 1.29 bits per heavy atom. The largest absolute Gasteiger partial charge is 0.351 e. The van der Waals surface area contributed by atoms with Crippen LogP contribution in [0.2, 0.25) is 0 Å². The Labute approximate surface area is 149 Å². The summed E-state index contributed by atoms with van der Waals surface area (Å²) in [6.07, 6.45) is 0. The van der Waals surface area contributed by atoms with Gasteiger partial charge in [0.15, 0.2) is 0 Å². The zero-order valence-corrected chi connectivity index (χ0v) is 15.6. The second kappa shape index (κ2) is 8.77. The van der Waals surface area contributed by atoms with Gasteiger partial charge >= 0.3 is 0 Å². The maximum absolute atomic E-state index is 12.3. The maximum atomic E-state index is 12.3. The van der Waals surface area contributed by atoms with Gasteiger partial charge in [0.2, 0.25) is 10.0 Å². The second-order valence-corrected chi connectivity index (χ2v) is 7.34. The van der Waals surface area contributed by atoms with Crippen molar-refractivity contribution < 1.29 is 13.2 Å². The van der Waals surface area contributed by atoms with Gasteiger partial charge in [-0.3, -0.25) is 9.69 Å². The number of sulfonamides is 1. The van der Waals surface area contributed by atoms with E-state index in [4.69, 9.17) is 5.14 Å². The molecular formula is C15H25ClN4O3S. The van der Waals surface area contributed by atoms with Crippen LogP contribution < -0.4 is 15.8 Å². The standard InChI is InChI=1S/C15H24N4O3S.ClH/c1-11-9-13(10-14(12(11)2)23(16,21)22)15(20)18-5-8-19-6-3-17-4-7-19;/h9-10,17H,3-8H2,1-2H3,(H,18,20)(H2,16,21,22);1H. The highest BCUT2D eigenvalue weighted by molar-refractivity contribution is 7.89. The minimum Gasteiger partial charge on any atom is -0.351 e. The first-order valence-corrected chi connectivity index (χ1v) is 9.19. The lowest BCUT2D eigenvalue weighted by molar-refractivity contribution is 0.0947. The molecule has 1 aromatic carbocycles. The van der Waals surface area contributed by atoms with Crippen molar-refractivity contribution in [3.05, 3.63) is 28.8 Å². The van der Waals surface area contributed by atoms with Crippen LogP contribution in [0.1, 0.15) is 21.5 Å². The highest BCUT2D eigenvalue weighted by Gasteiger charge is 2.17. The van der Waals surface area contributed by atoms with Crippen molar-refractivity contribution in [1.29, 1.82) is 0 Å². The van der Waals surface area contributed by atoms with Crippen LogP contribution in [-0.2, 0) is 10.0 Å². The molecule has 0 atom stereocenters. The zero-order valence-electron chi connectivity index (χ0n) is 14.0. The van der Waals surface area contributed by atoms with E-state index in [9.17, 15) is 13.2 Å². The molecule has 136 valence electrons.